The average molecular weight is 145 g/mol. The number of hydrogen-bond acceptors (Lipinski definition) is 3. The summed E-state index contributed by atoms with van der Waals surface area (Å²) in [5.74, 6) is 0. The first kappa shape index (κ1) is 11.0. The molecule has 0 aliphatic rings. The van der Waals surface area contributed by atoms with Gasteiger partial charge in [-0.15, -0.1) is 0 Å². The molecule has 0 aliphatic heterocycles. The minimum absolute atomic E-state index is 0. The molecular formula is C3H5NaOS2. The Morgan fingerprint density at radius 1 is 1.86 bits per heavy atom. The van der Waals surface area contributed by atoms with Crippen molar-refractivity contribution in [3.8, 4) is 0 Å². The van der Waals surface area contributed by atoms with Gasteiger partial charge in [-0.05, 0) is 6.92 Å². The maximum absolute atomic E-state index is 4.59. The zero-order valence-electron chi connectivity index (χ0n) is 4.43. The predicted molar refractivity (Wildman–Crippen MR) is 31.6 cm³/mol. The summed E-state index contributed by atoms with van der Waals surface area (Å²) in [6.07, 6.45) is 0. The largest absolute Gasteiger partial charge is 1.00 e. The SMILES string of the molecule is CCO[13C](=S)[S-].[Na+]. The number of ether oxygens (including phenoxy) is 1. The Hall–Kier alpha value is 1.11. The molecule has 0 saturated carbocycles. The molecule has 0 spiro atoms. The predicted octanol–water partition coefficient (Wildman–Crippen LogP) is -2.14. The Morgan fingerprint density at radius 3 is 2.29 bits per heavy atom. The Labute approximate surface area is 76.5 Å². The second-order valence-corrected chi connectivity index (χ2v) is 1.68. The molecule has 36 valence electrons. The second kappa shape index (κ2) is 7.11. The van der Waals surface area contributed by atoms with Crippen LogP contribution in [0.25, 0.3) is 0 Å². The van der Waals surface area contributed by atoms with Crippen LogP contribution < -0.4 is 29.6 Å². The minimum Gasteiger partial charge on any atom is -0.514 e. The van der Waals surface area contributed by atoms with Crippen LogP contribution in [0.5, 0.6) is 0 Å². The topological polar surface area (TPSA) is 9.23 Å². The van der Waals surface area contributed by atoms with Gasteiger partial charge in [0.15, 0.2) is 0 Å². The van der Waals surface area contributed by atoms with Crippen molar-refractivity contribution in [1.82, 2.24) is 0 Å². The molecule has 0 bridgehead atoms. The van der Waals surface area contributed by atoms with Crippen molar-refractivity contribution in [2.75, 3.05) is 6.61 Å². The third-order valence-electron chi connectivity index (χ3n) is 0.262. The summed E-state index contributed by atoms with van der Waals surface area (Å²) in [4.78, 5) is 0. The van der Waals surface area contributed by atoms with Crippen molar-refractivity contribution < 1.29 is 34.3 Å². The third kappa shape index (κ3) is 11.0. The standard InChI is InChI=1S/C3H6OS2.Na/c1-2-4-3(5)6;/h2H2,1H3,(H,5,6);/q;+1/p-1/i3+1;. The molecule has 0 saturated heterocycles. The zero-order chi connectivity index (χ0) is 4.99. The van der Waals surface area contributed by atoms with Crippen molar-refractivity contribution in [3.05, 3.63) is 0 Å². The molecule has 0 aromatic heterocycles. The monoisotopic (exact) mass is 145 g/mol. The number of rotatable bonds is 1. The first-order valence-corrected chi connectivity index (χ1v) is 2.42. The van der Waals surface area contributed by atoms with E-state index in [-0.39, 0.29) is 33.9 Å². The van der Waals surface area contributed by atoms with Gasteiger partial charge in [-0.2, -0.15) is 0 Å². The van der Waals surface area contributed by atoms with Gasteiger partial charge in [-0.25, -0.2) is 0 Å². The smallest absolute Gasteiger partial charge is 0.514 e. The fourth-order valence-electron chi connectivity index (χ4n) is 0.118. The van der Waals surface area contributed by atoms with Crippen molar-refractivity contribution in [2.45, 2.75) is 6.92 Å². The van der Waals surface area contributed by atoms with E-state index in [1.165, 1.54) is 0 Å². The van der Waals surface area contributed by atoms with Crippen molar-refractivity contribution in [3.63, 3.8) is 0 Å². The van der Waals surface area contributed by atoms with Crippen molar-refractivity contribution in [1.29, 1.82) is 0 Å². The Bertz CT molecular complexity index is 56.9. The van der Waals surface area contributed by atoms with Crippen LogP contribution in [0.1, 0.15) is 6.92 Å². The van der Waals surface area contributed by atoms with Gasteiger partial charge in [0.05, 0.1) is 6.61 Å². The molecule has 0 N–H and O–H groups in total. The van der Waals surface area contributed by atoms with Crippen LogP contribution >= 0.6 is 12.2 Å². The van der Waals surface area contributed by atoms with E-state index in [2.05, 4.69) is 29.6 Å². The van der Waals surface area contributed by atoms with E-state index < -0.39 is 0 Å². The summed E-state index contributed by atoms with van der Waals surface area (Å²) < 4.78 is 4.79. The molecule has 1 nitrogen and oxygen atoms in total. The summed E-state index contributed by atoms with van der Waals surface area (Å²) in [5, 5.41) is 0. The Balaban J connectivity index is 0. The molecule has 4 heteroatoms. The van der Waals surface area contributed by atoms with Gasteiger partial charge in [0.1, 0.15) is 0 Å². The van der Waals surface area contributed by atoms with E-state index in [1.807, 2.05) is 6.92 Å². The minimum atomic E-state index is 0. The summed E-state index contributed by atoms with van der Waals surface area (Å²) in [7, 11) is 0. The van der Waals surface area contributed by atoms with Crippen molar-refractivity contribution >= 4 is 29.2 Å². The maximum Gasteiger partial charge on any atom is 1.00 e. The van der Waals surface area contributed by atoms with E-state index in [9.17, 15) is 0 Å². The molecule has 0 aliphatic carbocycles. The number of hydrogen-bond donors (Lipinski definition) is 0. The van der Waals surface area contributed by atoms with Crippen LogP contribution in [-0.2, 0) is 17.4 Å². The molecule has 0 rings (SSSR count). The van der Waals surface area contributed by atoms with Gasteiger partial charge in [-0.3, -0.25) is 0 Å². The molecule has 0 heterocycles. The zero-order valence-corrected chi connectivity index (χ0v) is 8.06. The normalized spacial score (nSPS) is 6.43. The molecule has 0 aromatic carbocycles. The van der Waals surface area contributed by atoms with E-state index in [4.69, 9.17) is 0 Å². The first-order chi connectivity index (χ1) is 2.77. The molecule has 0 unspecified atom stereocenters. The van der Waals surface area contributed by atoms with E-state index >= 15 is 0 Å². The quantitative estimate of drug-likeness (QED) is 0.180. The van der Waals surface area contributed by atoms with Crippen molar-refractivity contribution in [2.24, 2.45) is 0 Å². The van der Waals surface area contributed by atoms with Gasteiger partial charge in [0.2, 0.25) is 0 Å². The van der Waals surface area contributed by atoms with Gasteiger partial charge in [0.25, 0.3) is 0 Å². The van der Waals surface area contributed by atoms with Gasteiger partial charge in [0, 0.05) is 4.38 Å². The molecule has 7 heavy (non-hydrogen) atoms. The van der Waals surface area contributed by atoms with E-state index in [0.717, 1.165) is 0 Å². The third-order valence-corrected chi connectivity index (χ3v) is 0.498. The summed E-state index contributed by atoms with van der Waals surface area (Å²) in [6, 6.07) is 0. The molecule has 0 fully saturated rings. The first-order valence-electron chi connectivity index (χ1n) is 1.61. The molecular weight excluding hydrogens is 140 g/mol. The summed E-state index contributed by atoms with van der Waals surface area (Å²) >= 11 is 8.77. The molecule has 0 radical (unpaired) electrons. The molecule has 0 aromatic rings. The summed E-state index contributed by atoms with van der Waals surface area (Å²) in [5.41, 5.74) is 0. The number of thiocarbonyl (C=S) groups is 1. The Morgan fingerprint density at radius 2 is 2.29 bits per heavy atom. The van der Waals surface area contributed by atoms with Crippen LogP contribution in [0, 0.1) is 0 Å². The van der Waals surface area contributed by atoms with E-state index in [1.54, 1.807) is 0 Å². The molecule has 0 atom stereocenters. The second-order valence-electron chi connectivity index (χ2n) is 0.683. The average Bonchev–Trinajstić information content (AvgIpc) is 1.35. The van der Waals surface area contributed by atoms with Crippen LogP contribution in [0.15, 0.2) is 0 Å². The van der Waals surface area contributed by atoms with Gasteiger partial charge in [-0.1, -0.05) is 0 Å². The fraction of sp³-hybridized carbons (Fsp3) is 0.667. The molecule has 0 amide bonds. The maximum atomic E-state index is 4.59. The van der Waals surface area contributed by atoms with Crippen LogP contribution in [0.4, 0.5) is 0 Å². The van der Waals surface area contributed by atoms with Crippen LogP contribution in [0.2, 0.25) is 0 Å². The van der Waals surface area contributed by atoms with Gasteiger partial charge < -0.3 is 29.6 Å². The van der Waals surface area contributed by atoms with Crippen LogP contribution in [-0.4, -0.2) is 11.0 Å². The summed E-state index contributed by atoms with van der Waals surface area (Å²) in [6.45, 7) is 2.43. The van der Waals surface area contributed by atoms with E-state index in [0.29, 0.717) is 6.61 Å². The fourth-order valence-corrected chi connectivity index (χ4v) is 0.354. The van der Waals surface area contributed by atoms with Gasteiger partial charge >= 0.3 is 29.6 Å². The van der Waals surface area contributed by atoms with Crippen LogP contribution in [0.3, 0.4) is 0 Å². The Kier molecular flexibility index (Phi) is 11.2.